The molecule has 7 heteroatoms. The predicted octanol–water partition coefficient (Wildman–Crippen LogP) is 4.11. The van der Waals surface area contributed by atoms with Gasteiger partial charge in [-0.3, -0.25) is 9.88 Å². The van der Waals surface area contributed by atoms with Crippen molar-refractivity contribution in [1.29, 1.82) is 0 Å². The monoisotopic (exact) mass is 388 g/mol. The van der Waals surface area contributed by atoms with E-state index < -0.39 is 29.8 Å². The Hall–Kier alpha value is -2.67. The minimum Gasteiger partial charge on any atom is -0.497 e. The number of hydrogen-bond acceptors (Lipinski definition) is 5. The van der Waals surface area contributed by atoms with Gasteiger partial charge in [0.1, 0.15) is 35.1 Å². The van der Waals surface area contributed by atoms with Crippen LogP contribution in [0.5, 0.6) is 5.75 Å². The van der Waals surface area contributed by atoms with Crippen molar-refractivity contribution in [2.45, 2.75) is 45.1 Å². The van der Waals surface area contributed by atoms with E-state index in [9.17, 15) is 9.18 Å². The molecule has 2 atom stereocenters. The summed E-state index contributed by atoms with van der Waals surface area (Å²) < 4.78 is 30.9. The molecule has 2 aromatic rings. The first-order valence-corrected chi connectivity index (χ1v) is 9.15. The Morgan fingerprint density at radius 1 is 1.29 bits per heavy atom. The van der Waals surface area contributed by atoms with Crippen LogP contribution in [0.3, 0.4) is 0 Å². The highest BCUT2D eigenvalue weighted by Gasteiger charge is 2.42. The van der Waals surface area contributed by atoms with Gasteiger partial charge in [-0.1, -0.05) is 12.1 Å². The molecule has 3 rings (SSSR count). The molecule has 28 heavy (non-hydrogen) atoms. The molecule has 2 unspecified atom stereocenters. The largest absolute Gasteiger partial charge is 0.497 e. The number of benzene rings is 1. The molecule has 0 aliphatic carbocycles. The summed E-state index contributed by atoms with van der Waals surface area (Å²) in [6.07, 6.45) is 0.796. The van der Waals surface area contributed by atoms with Gasteiger partial charge in [-0.25, -0.2) is 9.18 Å². The van der Waals surface area contributed by atoms with E-state index in [1.807, 2.05) is 24.3 Å². The Bertz CT molecular complexity index is 820. The Kier molecular flexibility index (Phi) is 5.84. The summed E-state index contributed by atoms with van der Waals surface area (Å²) >= 11 is 0. The Morgan fingerprint density at radius 2 is 2.00 bits per heavy atom. The third-order valence-corrected chi connectivity index (χ3v) is 4.37. The van der Waals surface area contributed by atoms with Crippen molar-refractivity contribution < 1.29 is 23.4 Å². The van der Waals surface area contributed by atoms with Crippen LogP contribution in [0.4, 0.5) is 9.18 Å². The average Bonchev–Trinajstić information content (AvgIpc) is 3.05. The van der Waals surface area contributed by atoms with E-state index in [1.165, 1.54) is 23.2 Å². The molecule has 0 spiro atoms. The molecule has 1 aliphatic rings. The number of pyridine rings is 1. The summed E-state index contributed by atoms with van der Waals surface area (Å²) in [5, 5.41) is 0. The molecule has 6 nitrogen and oxygen atoms in total. The van der Waals surface area contributed by atoms with Gasteiger partial charge in [0, 0.05) is 12.6 Å². The number of nitrogens with zero attached hydrogens (tertiary/aromatic N) is 2. The molecule has 150 valence electrons. The summed E-state index contributed by atoms with van der Waals surface area (Å²) in [7, 11) is 1.60. The average molecular weight is 388 g/mol. The number of halogens is 1. The maximum Gasteiger partial charge on any atom is 0.413 e. The van der Waals surface area contributed by atoms with Crippen molar-refractivity contribution in [3.8, 4) is 5.75 Å². The second-order valence-corrected chi connectivity index (χ2v) is 7.61. The quantitative estimate of drug-likeness (QED) is 0.789. The van der Waals surface area contributed by atoms with E-state index in [4.69, 9.17) is 14.2 Å². The molecular formula is C21H25FN2O4. The molecule has 1 aliphatic heterocycles. The highest BCUT2D eigenvalue weighted by molar-refractivity contribution is 5.69. The summed E-state index contributed by atoms with van der Waals surface area (Å²) in [4.78, 5) is 18.5. The fourth-order valence-electron chi connectivity index (χ4n) is 3.10. The van der Waals surface area contributed by atoms with Crippen LogP contribution in [-0.4, -0.2) is 41.5 Å². The number of aromatic nitrogens is 1. The van der Waals surface area contributed by atoms with Gasteiger partial charge in [0.25, 0.3) is 0 Å². The van der Waals surface area contributed by atoms with Crippen LogP contribution in [0, 0.1) is 5.82 Å². The predicted molar refractivity (Wildman–Crippen MR) is 101 cm³/mol. The zero-order valence-corrected chi connectivity index (χ0v) is 16.5. The third-order valence-electron chi connectivity index (χ3n) is 4.37. The molecule has 0 bridgehead atoms. The summed E-state index contributed by atoms with van der Waals surface area (Å²) in [6.45, 7) is 5.51. The van der Waals surface area contributed by atoms with Crippen molar-refractivity contribution in [2.75, 3.05) is 13.7 Å². The SMILES string of the molecule is COc1ccc(CC2OCC(c3ncccc3F)N2C(=O)OC(C)(C)C)cc1. The summed E-state index contributed by atoms with van der Waals surface area (Å²) in [5.74, 6) is 0.267. The minimum atomic E-state index is -0.683. The van der Waals surface area contributed by atoms with Gasteiger partial charge in [-0.15, -0.1) is 0 Å². The van der Waals surface area contributed by atoms with Gasteiger partial charge in [0.2, 0.25) is 0 Å². The number of carbonyl (C=O) groups is 1. The number of rotatable bonds is 4. The van der Waals surface area contributed by atoms with E-state index in [0.717, 1.165) is 11.3 Å². The smallest absolute Gasteiger partial charge is 0.413 e. The van der Waals surface area contributed by atoms with Gasteiger partial charge in [-0.2, -0.15) is 0 Å². The van der Waals surface area contributed by atoms with Crippen LogP contribution in [0.1, 0.15) is 38.1 Å². The van der Waals surface area contributed by atoms with Crippen molar-refractivity contribution in [3.63, 3.8) is 0 Å². The third kappa shape index (κ3) is 4.59. The number of methoxy groups -OCH3 is 1. The number of amides is 1. The van der Waals surface area contributed by atoms with Gasteiger partial charge >= 0.3 is 6.09 Å². The van der Waals surface area contributed by atoms with Crippen LogP contribution >= 0.6 is 0 Å². The van der Waals surface area contributed by atoms with Gasteiger partial charge < -0.3 is 14.2 Å². The maximum absolute atomic E-state index is 14.3. The summed E-state index contributed by atoms with van der Waals surface area (Å²) in [5.41, 5.74) is 0.449. The van der Waals surface area contributed by atoms with E-state index in [2.05, 4.69) is 4.98 Å². The highest BCUT2D eigenvalue weighted by atomic mass is 19.1. The van der Waals surface area contributed by atoms with Crippen molar-refractivity contribution in [2.24, 2.45) is 0 Å². The zero-order valence-electron chi connectivity index (χ0n) is 16.5. The topological polar surface area (TPSA) is 60.9 Å². The minimum absolute atomic E-state index is 0.147. The first-order chi connectivity index (χ1) is 13.3. The molecule has 0 N–H and O–H groups in total. The maximum atomic E-state index is 14.3. The second-order valence-electron chi connectivity index (χ2n) is 7.61. The van der Waals surface area contributed by atoms with Gasteiger partial charge in [0.05, 0.1) is 13.7 Å². The fraction of sp³-hybridized carbons (Fsp3) is 0.429. The Balaban J connectivity index is 1.87. The van der Waals surface area contributed by atoms with Crippen LogP contribution in [0.25, 0.3) is 0 Å². The standard InChI is InChI=1S/C21H25FN2O4/c1-21(2,3)28-20(25)24-17(19-16(22)6-5-11-23-19)13-27-18(24)12-14-7-9-15(26-4)10-8-14/h5-11,17-18H,12-13H2,1-4H3. The molecule has 0 radical (unpaired) electrons. The van der Waals surface area contributed by atoms with Crippen LogP contribution in [0.2, 0.25) is 0 Å². The lowest BCUT2D eigenvalue weighted by atomic mass is 10.1. The molecule has 1 amide bonds. The normalized spacial score (nSPS) is 19.5. The lowest BCUT2D eigenvalue weighted by Crippen LogP contribution is -2.43. The highest BCUT2D eigenvalue weighted by Crippen LogP contribution is 2.33. The van der Waals surface area contributed by atoms with E-state index in [1.54, 1.807) is 27.9 Å². The lowest BCUT2D eigenvalue weighted by molar-refractivity contribution is -0.0131. The van der Waals surface area contributed by atoms with Crippen LogP contribution < -0.4 is 4.74 Å². The molecule has 0 saturated carbocycles. The lowest BCUT2D eigenvalue weighted by Gasteiger charge is -2.31. The van der Waals surface area contributed by atoms with Gasteiger partial charge in [0.15, 0.2) is 0 Å². The van der Waals surface area contributed by atoms with Crippen LogP contribution in [0.15, 0.2) is 42.6 Å². The van der Waals surface area contributed by atoms with E-state index in [0.29, 0.717) is 6.42 Å². The molecule has 2 heterocycles. The summed E-state index contributed by atoms with van der Waals surface area (Å²) in [6, 6.07) is 9.69. The van der Waals surface area contributed by atoms with Crippen molar-refractivity contribution in [1.82, 2.24) is 9.88 Å². The van der Waals surface area contributed by atoms with E-state index in [-0.39, 0.29) is 12.3 Å². The fourth-order valence-corrected chi connectivity index (χ4v) is 3.10. The second kappa shape index (κ2) is 8.14. The number of hydrogen-bond donors (Lipinski definition) is 0. The molecule has 1 aromatic heterocycles. The number of ether oxygens (including phenoxy) is 3. The van der Waals surface area contributed by atoms with E-state index >= 15 is 0 Å². The molecule has 1 fully saturated rings. The number of carbonyl (C=O) groups excluding carboxylic acids is 1. The Morgan fingerprint density at radius 3 is 2.61 bits per heavy atom. The first-order valence-electron chi connectivity index (χ1n) is 9.15. The van der Waals surface area contributed by atoms with Crippen molar-refractivity contribution in [3.05, 3.63) is 59.7 Å². The zero-order chi connectivity index (χ0) is 20.3. The molecular weight excluding hydrogens is 363 g/mol. The van der Waals surface area contributed by atoms with Crippen molar-refractivity contribution >= 4 is 6.09 Å². The molecule has 1 saturated heterocycles. The first kappa shape index (κ1) is 20.1. The van der Waals surface area contributed by atoms with Gasteiger partial charge in [-0.05, 0) is 50.6 Å². The Labute approximate surface area is 164 Å². The molecule has 1 aromatic carbocycles. The van der Waals surface area contributed by atoms with Crippen LogP contribution in [-0.2, 0) is 15.9 Å².